The molecular formula is C11H18O5. The molecule has 0 saturated carbocycles. The quantitative estimate of drug-likeness (QED) is 0.621. The van der Waals surface area contributed by atoms with Crippen LogP contribution in [-0.4, -0.2) is 42.8 Å². The van der Waals surface area contributed by atoms with Gasteiger partial charge in [-0.3, -0.25) is 0 Å². The first-order valence-corrected chi connectivity index (χ1v) is 5.63. The molecule has 3 fully saturated rings. The second-order valence-corrected chi connectivity index (χ2v) is 5.59. The topological polar surface area (TPSA) is 46.2 Å². The third-order valence-corrected chi connectivity index (χ3v) is 3.18. The highest BCUT2D eigenvalue weighted by Gasteiger charge is 2.64. The molecule has 92 valence electrons. The van der Waals surface area contributed by atoms with Gasteiger partial charge in [0, 0.05) is 0 Å². The van der Waals surface area contributed by atoms with Gasteiger partial charge in [-0.05, 0) is 27.7 Å². The molecule has 3 aliphatic heterocycles. The monoisotopic (exact) mass is 230 g/mol. The average Bonchev–Trinajstić information content (AvgIpc) is 2.69. The van der Waals surface area contributed by atoms with Crippen LogP contribution in [0.25, 0.3) is 0 Å². The van der Waals surface area contributed by atoms with E-state index in [4.69, 9.17) is 23.7 Å². The zero-order valence-electron chi connectivity index (χ0n) is 10.1. The van der Waals surface area contributed by atoms with Gasteiger partial charge >= 0.3 is 0 Å². The SMILES string of the molecule is CC1(C)O[C@@H]2OC[C@]3(COC(C)(C)O3)[C@@H]2O1. The Morgan fingerprint density at radius 3 is 2.31 bits per heavy atom. The Hall–Kier alpha value is -0.200. The molecule has 3 rings (SSSR count). The van der Waals surface area contributed by atoms with Crippen LogP contribution in [-0.2, 0) is 23.7 Å². The largest absolute Gasteiger partial charge is 0.347 e. The van der Waals surface area contributed by atoms with E-state index < -0.39 is 17.2 Å². The Bertz CT molecular complexity index is 311. The molecule has 0 unspecified atom stereocenters. The molecule has 0 amide bonds. The molecule has 1 spiro atoms. The zero-order chi connectivity index (χ0) is 11.6. The van der Waals surface area contributed by atoms with Crippen LogP contribution >= 0.6 is 0 Å². The van der Waals surface area contributed by atoms with Gasteiger partial charge in [0.05, 0.1) is 13.2 Å². The van der Waals surface area contributed by atoms with Gasteiger partial charge in [-0.25, -0.2) is 0 Å². The number of rotatable bonds is 0. The van der Waals surface area contributed by atoms with E-state index in [1.54, 1.807) is 0 Å². The summed E-state index contributed by atoms with van der Waals surface area (Å²) in [6.07, 6.45) is -0.545. The average molecular weight is 230 g/mol. The van der Waals surface area contributed by atoms with Crippen molar-refractivity contribution >= 4 is 0 Å². The smallest absolute Gasteiger partial charge is 0.190 e. The number of ether oxygens (including phenoxy) is 5. The van der Waals surface area contributed by atoms with Gasteiger partial charge < -0.3 is 23.7 Å². The van der Waals surface area contributed by atoms with E-state index in [0.29, 0.717) is 13.2 Å². The van der Waals surface area contributed by atoms with Crippen molar-refractivity contribution in [2.45, 2.75) is 57.3 Å². The summed E-state index contributed by atoms with van der Waals surface area (Å²) in [6.45, 7) is 8.50. The molecule has 3 heterocycles. The van der Waals surface area contributed by atoms with Crippen LogP contribution in [0.1, 0.15) is 27.7 Å². The molecule has 3 atom stereocenters. The normalized spacial score (nSPS) is 48.8. The summed E-state index contributed by atoms with van der Waals surface area (Å²) < 4.78 is 28.7. The van der Waals surface area contributed by atoms with E-state index in [0.717, 1.165) is 0 Å². The van der Waals surface area contributed by atoms with Gasteiger partial charge in [-0.15, -0.1) is 0 Å². The van der Waals surface area contributed by atoms with Gasteiger partial charge in [0.2, 0.25) is 0 Å². The summed E-state index contributed by atoms with van der Waals surface area (Å²) in [4.78, 5) is 0. The molecule has 0 aromatic heterocycles. The van der Waals surface area contributed by atoms with Crippen molar-refractivity contribution < 1.29 is 23.7 Å². The predicted molar refractivity (Wildman–Crippen MR) is 53.6 cm³/mol. The first-order valence-electron chi connectivity index (χ1n) is 5.63. The first-order chi connectivity index (χ1) is 7.32. The minimum atomic E-state index is -0.612. The molecule has 5 nitrogen and oxygen atoms in total. The minimum absolute atomic E-state index is 0.204. The maximum atomic E-state index is 5.95. The fraction of sp³-hybridized carbons (Fsp3) is 1.00. The molecule has 0 bridgehead atoms. The Morgan fingerprint density at radius 1 is 0.938 bits per heavy atom. The summed E-state index contributed by atoms with van der Waals surface area (Å²) in [5.41, 5.74) is -0.512. The van der Waals surface area contributed by atoms with Crippen molar-refractivity contribution in [1.29, 1.82) is 0 Å². The second kappa shape index (κ2) is 2.97. The van der Waals surface area contributed by atoms with Crippen LogP contribution in [0.15, 0.2) is 0 Å². The lowest BCUT2D eigenvalue weighted by molar-refractivity contribution is -0.225. The lowest BCUT2D eigenvalue weighted by atomic mass is 10.0. The maximum absolute atomic E-state index is 5.95. The third kappa shape index (κ3) is 1.50. The van der Waals surface area contributed by atoms with E-state index in [2.05, 4.69) is 0 Å². The highest BCUT2D eigenvalue weighted by molar-refractivity contribution is 5.03. The third-order valence-electron chi connectivity index (χ3n) is 3.18. The van der Waals surface area contributed by atoms with Gasteiger partial charge in [0.15, 0.2) is 17.9 Å². The van der Waals surface area contributed by atoms with Crippen LogP contribution in [0.4, 0.5) is 0 Å². The molecule has 3 saturated heterocycles. The van der Waals surface area contributed by atoms with Crippen molar-refractivity contribution in [3.05, 3.63) is 0 Å². The van der Waals surface area contributed by atoms with Crippen molar-refractivity contribution in [1.82, 2.24) is 0 Å². The summed E-state index contributed by atoms with van der Waals surface area (Å²) in [5, 5.41) is 0. The molecule has 0 N–H and O–H groups in total. The van der Waals surface area contributed by atoms with Gasteiger partial charge in [0.25, 0.3) is 0 Å². The van der Waals surface area contributed by atoms with Crippen LogP contribution in [0.2, 0.25) is 0 Å². The van der Waals surface area contributed by atoms with Gasteiger partial charge in [0.1, 0.15) is 11.7 Å². The zero-order valence-corrected chi connectivity index (χ0v) is 10.1. The molecule has 0 radical (unpaired) electrons. The van der Waals surface area contributed by atoms with E-state index in [-0.39, 0.29) is 12.4 Å². The fourth-order valence-electron chi connectivity index (χ4n) is 2.57. The van der Waals surface area contributed by atoms with Crippen LogP contribution in [0, 0.1) is 0 Å². The molecule has 0 aromatic carbocycles. The van der Waals surface area contributed by atoms with Gasteiger partial charge in [-0.1, -0.05) is 0 Å². The minimum Gasteiger partial charge on any atom is -0.347 e. The van der Waals surface area contributed by atoms with Crippen LogP contribution < -0.4 is 0 Å². The van der Waals surface area contributed by atoms with E-state index >= 15 is 0 Å². The van der Waals surface area contributed by atoms with Crippen LogP contribution in [0.3, 0.4) is 0 Å². The lowest BCUT2D eigenvalue weighted by Crippen LogP contribution is -2.47. The van der Waals surface area contributed by atoms with E-state index in [1.165, 1.54) is 0 Å². The summed E-state index contributed by atoms with van der Waals surface area (Å²) in [6, 6.07) is 0. The molecular weight excluding hydrogens is 212 g/mol. The number of hydrogen-bond donors (Lipinski definition) is 0. The second-order valence-electron chi connectivity index (χ2n) is 5.59. The number of fused-ring (bicyclic) bond motifs is 2. The van der Waals surface area contributed by atoms with Gasteiger partial charge in [-0.2, -0.15) is 0 Å². The molecule has 3 aliphatic rings. The van der Waals surface area contributed by atoms with E-state index in [1.807, 2.05) is 27.7 Å². The van der Waals surface area contributed by atoms with Crippen molar-refractivity contribution in [3.8, 4) is 0 Å². The van der Waals surface area contributed by atoms with E-state index in [9.17, 15) is 0 Å². The summed E-state index contributed by atoms with van der Waals surface area (Å²) in [5.74, 6) is -1.19. The Balaban J connectivity index is 1.84. The molecule has 5 heteroatoms. The van der Waals surface area contributed by atoms with Crippen LogP contribution in [0.5, 0.6) is 0 Å². The Labute approximate surface area is 94.9 Å². The van der Waals surface area contributed by atoms with Crippen molar-refractivity contribution in [2.24, 2.45) is 0 Å². The van der Waals surface area contributed by atoms with Crippen molar-refractivity contribution in [3.63, 3.8) is 0 Å². The molecule has 16 heavy (non-hydrogen) atoms. The summed E-state index contributed by atoms with van der Waals surface area (Å²) >= 11 is 0. The highest BCUT2D eigenvalue weighted by Crippen LogP contribution is 2.46. The standard InChI is InChI=1S/C11H18O5/c1-9(2)13-6-11(16-9)5-12-8-7(11)14-10(3,4)15-8/h7-8H,5-6H2,1-4H3/t7-,8+,11+/m1/s1. The Morgan fingerprint density at radius 2 is 1.69 bits per heavy atom. The first kappa shape index (κ1) is 10.9. The lowest BCUT2D eigenvalue weighted by Gasteiger charge is -2.28. The molecule has 0 aromatic rings. The highest BCUT2D eigenvalue weighted by atomic mass is 16.9. The Kier molecular flexibility index (Phi) is 2.03. The van der Waals surface area contributed by atoms with Crippen molar-refractivity contribution in [2.75, 3.05) is 13.2 Å². The molecule has 0 aliphatic carbocycles. The predicted octanol–water partition coefficient (Wildman–Crippen LogP) is 1.02. The summed E-state index contributed by atoms with van der Waals surface area (Å²) in [7, 11) is 0. The maximum Gasteiger partial charge on any atom is 0.190 e. The fourth-order valence-corrected chi connectivity index (χ4v) is 2.57. The number of hydrogen-bond acceptors (Lipinski definition) is 5.